The number of aliphatic hydroxyl groups excluding tert-OH is 1. The maximum Gasteiger partial charge on any atom is 0.416 e. The van der Waals surface area contributed by atoms with Gasteiger partial charge in [-0.15, -0.1) is 0 Å². The van der Waals surface area contributed by atoms with E-state index in [1.165, 1.54) is 42.9 Å². The molecule has 0 saturated heterocycles. The van der Waals surface area contributed by atoms with E-state index in [4.69, 9.17) is 8.83 Å². The summed E-state index contributed by atoms with van der Waals surface area (Å²) in [5.41, 5.74) is -1.48. The van der Waals surface area contributed by atoms with E-state index < -0.39 is 35.2 Å². The van der Waals surface area contributed by atoms with E-state index in [2.05, 4.69) is 0 Å². The van der Waals surface area contributed by atoms with Crippen LogP contribution in [0.25, 0.3) is 0 Å². The summed E-state index contributed by atoms with van der Waals surface area (Å²) >= 11 is 0. The second-order valence-electron chi connectivity index (χ2n) is 6.21. The Morgan fingerprint density at radius 2 is 1.76 bits per heavy atom. The fourth-order valence-electron chi connectivity index (χ4n) is 3.19. The lowest BCUT2D eigenvalue weighted by Gasteiger charge is -2.25. The van der Waals surface area contributed by atoms with Gasteiger partial charge in [-0.05, 0) is 42.5 Å². The first-order chi connectivity index (χ1) is 13.8. The van der Waals surface area contributed by atoms with Crippen molar-refractivity contribution >= 4 is 17.4 Å². The molecule has 1 N–H and O–H groups in total. The molecule has 1 aliphatic heterocycles. The van der Waals surface area contributed by atoms with E-state index >= 15 is 0 Å². The van der Waals surface area contributed by atoms with Gasteiger partial charge in [0.1, 0.15) is 11.8 Å². The number of Topliss-reactive ketones (excluding diaryl/α,β-unsaturated/α-hetero) is 1. The lowest BCUT2D eigenvalue weighted by Crippen LogP contribution is -2.31. The highest BCUT2D eigenvalue weighted by Gasteiger charge is 2.47. The number of hydrogen-bond donors (Lipinski definition) is 1. The number of furan rings is 2. The van der Waals surface area contributed by atoms with Crippen molar-refractivity contribution in [3.63, 3.8) is 0 Å². The normalized spacial score (nSPS) is 17.3. The van der Waals surface area contributed by atoms with Gasteiger partial charge in [0.05, 0.1) is 23.7 Å². The number of carbonyl (C=O) groups is 2. The molecule has 148 valence electrons. The molecule has 0 bridgehead atoms. The number of hydrogen-bond acceptors (Lipinski definition) is 5. The third kappa shape index (κ3) is 3.10. The first-order valence-electron chi connectivity index (χ1n) is 8.34. The van der Waals surface area contributed by atoms with Gasteiger partial charge in [-0.25, -0.2) is 0 Å². The summed E-state index contributed by atoms with van der Waals surface area (Å²) in [5, 5.41) is 10.4. The molecule has 3 heterocycles. The number of amides is 1. The maximum atomic E-state index is 13.1. The van der Waals surface area contributed by atoms with E-state index in [-0.39, 0.29) is 22.8 Å². The summed E-state index contributed by atoms with van der Waals surface area (Å²) in [4.78, 5) is 26.5. The third-order valence-electron chi connectivity index (χ3n) is 4.46. The van der Waals surface area contributed by atoms with Crippen molar-refractivity contribution in [3.05, 3.63) is 89.5 Å². The quantitative estimate of drug-likeness (QED) is 0.640. The second kappa shape index (κ2) is 6.69. The SMILES string of the molecule is O=C(C1=C(O)C(=O)N(c2cccc(C(F)(F)F)c2)C1c1ccco1)c1ccco1. The van der Waals surface area contributed by atoms with Crippen LogP contribution in [0.2, 0.25) is 0 Å². The summed E-state index contributed by atoms with van der Waals surface area (Å²) in [7, 11) is 0. The van der Waals surface area contributed by atoms with Gasteiger partial charge in [0.2, 0.25) is 5.78 Å². The summed E-state index contributed by atoms with van der Waals surface area (Å²) < 4.78 is 49.8. The highest BCUT2D eigenvalue weighted by molar-refractivity contribution is 6.20. The van der Waals surface area contributed by atoms with Gasteiger partial charge in [-0.2, -0.15) is 13.2 Å². The fourth-order valence-corrected chi connectivity index (χ4v) is 3.19. The molecule has 3 aromatic rings. The predicted molar refractivity (Wildman–Crippen MR) is 93.1 cm³/mol. The van der Waals surface area contributed by atoms with Crippen molar-refractivity contribution in [1.82, 2.24) is 0 Å². The number of aliphatic hydroxyl groups is 1. The van der Waals surface area contributed by atoms with Crippen LogP contribution < -0.4 is 4.90 Å². The molecule has 1 aromatic carbocycles. The van der Waals surface area contributed by atoms with Gasteiger partial charge in [0, 0.05) is 5.69 Å². The number of benzene rings is 1. The lowest BCUT2D eigenvalue weighted by atomic mass is 9.99. The Hall–Kier alpha value is -3.75. The van der Waals surface area contributed by atoms with E-state index in [0.717, 1.165) is 23.1 Å². The summed E-state index contributed by atoms with van der Waals surface area (Å²) in [5.74, 6) is -2.74. The number of alkyl halides is 3. The Labute approximate surface area is 161 Å². The van der Waals surface area contributed by atoms with E-state index in [1.807, 2.05) is 0 Å². The molecule has 6 nitrogen and oxygen atoms in total. The van der Waals surface area contributed by atoms with Crippen LogP contribution in [-0.2, 0) is 11.0 Å². The number of ketones is 1. The average molecular weight is 403 g/mol. The monoisotopic (exact) mass is 403 g/mol. The highest BCUT2D eigenvalue weighted by atomic mass is 19.4. The van der Waals surface area contributed by atoms with Crippen molar-refractivity contribution in [1.29, 1.82) is 0 Å². The van der Waals surface area contributed by atoms with Crippen molar-refractivity contribution < 1.29 is 36.7 Å². The van der Waals surface area contributed by atoms with Crippen molar-refractivity contribution in [2.24, 2.45) is 0 Å². The molecular weight excluding hydrogens is 391 g/mol. The Balaban J connectivity index is 1.86. The zero-order valence-corrected chi connectivity index (χ0v) is 14.5. The van der Waals surface area contributed by atoms with Crippen LogP contribution in [0.3, 0.4) is 0 Å². The first kappa shape index (κ1) is 18.6. The molecular formula is C20H12F3NO5. The number of anilines is 1. The molecule has 0 aliphatic carbocycles. The lowest BCUT2D eigenvalue weighted by molar-refractivity contribution is -0.137. The number of carbonyl (C=O) groups excluding carboxylic acids is 2. The van der Waals surface area contributed by atoms with Crippen molar-refractivity contribution in [2.45, 2.75) is 12.2 Å². The molecule has 1 amide bonds. The van der Waals surface area contributed by atoms with Crippen LogP contribution >= 0.6 is 0 Å². The zero-order valence-electron chi connectivity index (χ0n) is 14.5. The Bertz CT molecular complexity index is 1100. The Morgan fingerprint density at radius 1 is 1.03 bits per heavy atom. The third-order valence-corrected chi connectivity index (χ3v) is 4.46. The van der Waals surface area contributed by atoms with Gasteiger partial charge in [-0.3, -0.25) is 14.5 Å². The van der Waals surface area contributed by atoms with Crippen LogP contribution in [0.5, 0.6) is 0 Å². The molecule has 0 spiro atoms. The minimum absolute atomic E-state index is 0.0923. The van der Waals surface area contributed by atoms with Crippen molar-refractivity contribution in [3.8, 4) is 0 Å². The standard InChI is InChI=1S/C20H12F3NO5/c21-20(22,23)11-4-1-5-12(10-11)24-16(13-6-2-8-28-13)15(18(26)19(24)27)17(25)14-7-3-9-29-14/h1-10,16,26H. The van der Waals surface area contributed by atoms with Gasteiger partial charge in [-0.1, -0.05) is 6.07 Å². The molecule has 1 atom stereocenters. The number of nitrogens with zero attached hydrogens (tertiary/aromatic N) is 1. The molecule has 1 unspecified atom stereocenters. The molecule has 4 rings (SSSR count). The van der Waals surface area contributed by atoms with E-state index in [9.17, 15) is 27.9 Å². The zero-order chi connectivity index (χ0) is 20.8. The van der Waals surface area contributed by atoms with Crippen LogP contribution in [0.4, 0.5) is 18.9 Å². The molecule has 0 fully saturated rings. The molecule has 29 heavy (non-hydrogen) atoms. The topological polar surface area (TPSA) is 83.9 Å². The first-order valence-corrected chi connectivity index (χ1v) is 8.34. The largest absolute Gasteiger partial charge is 0.503 e. The van der Waals surface area contributed by atoms with Crippen LogP contribution in [0.1, 0.15) is 27.9 Å². The summed E-state index contributed by atoms with van der Waals surface area (Å²) in [6.45, 7) is 0. The Kier molecular flexibility index (Phi) is 4.30. The molecule has 2 aromatic heterocycles. The highest BCUT2D eigenvalue weighted by Crippen LogP contribution is 2.43. The van der Waals surface area contributed by atoms with Gasteiger partial charge < -0.3 is 13.9 Å². The van der Waals surface area contributed by atoms with E-state index in [1.54, 1.807) is 0 Å². The average Bonchev–Trinajstić information content (AvgIpc) is 3.43. The van der Waals surface area contributed by atoms with Crippen LogP contribution in [0, 0.1) is 0 Å². The summed E-state index contributed by atoms with van der Waals surface area (Å²) in [6, 6.07) is 8.51. The summed E-state index contributed by atoms with van der Waals surface area (Å²) in [6.07, 6.45) is -2.11. The van der Waals surface area contributed by atoms with Gasteiger partial charge >= 0.3 is 6.18 Å². The van der Waals surface area contributed by atoms with Gasteiger partial charge in [0.15, 0.2) is 11.5 Å². The van der Waals surface area contributed by atoms with Crippen molar-refractivity contribution in [2.75, 3.05) is 4.90 Å². The molecule has 9 heteroatoms. The predicted octanol–water partition coefficient (Wildman–Crippen LogP) is 4.67. The fraction of sp³-hybridized carbons (Fsp3) is 0.100. The van der Waals surface area contributed by atoms with Crippen LogP contribution in [0.15, 0.2) is 81.2 Å². The molecule has 0 saturated carbocycles. The van der Waals surface area contributed by atoms with Crippen LogP contribution in [-0.4, -0.2) is 16.8 Å². The smallest absolute Gasteiger partial charge is 0.416 e. The minimum Gasteiger partial charge on any atom is -0.503 e. The van der Waals surface area contributed by atoms with E-state index in [0.29, 0.717) is 0 Å². The second-order valence-corrected chi connectivity index (χ2v) is 6.21. The molecule has 1 aliphatic rings. The maximum absolute atomic E-state index is 13.1. The van der Waals surface area contributed by atoms with Gasteiger partial charge in [0.25, 0.3) is 5.91 Å². The number of rotatable bonds is 4. The Morgan fingerprint density at radius 3 is 2.38 bits per heavy atom. The minimum atomic E-state index is -4.64. The number of halogens is 3. The molecule has 0 radical (unpaired) electrons.